The van der Waals surface area contributed by atoms with Crippen molar-refractivity contribution in [1.29, 1.82) is 5.26 Å². The third-order valence-corrected chi connectivity index (χ3v) is 3.84. The van der Waals surface area contributed by atoms with Crippen LogP contribution in [0.3, 0.4) is 0 Å². The zero-order valence-electron chi connectivity index (χ0n) is 11.4. The van der Waals surface area contributed by atoms with E-state index >= 15 is 0 Å². The van der Waals surface area contributed by atoms with Crippen molar-refractivity contribution in [3.8, 4) is 6.07 Å². The Morgan fingerprint density at radius 1 is 1.41 bits per heavy atom. The van der Waals surface area contributed by atoms with Gasteiger partial charge in [0.2, 0.25) is 0 Å². The van der Waals surface area contributed by atoms with Crippen LogP contribution in [0, 0.1) is 17.2 Å². The van der Waals surface area contributed by atoms with Crippen molar-refractivity contribution in [2.24, 2.45) is 11.7 Å². The molecule has 2 atom stereocenters. The van der Waals surface area contributed by atoms with Gasteiger partial charge in [-0.3, -0.25) is 0 Å². The highest BCUT2D eigenvalue weighted by atomic mass is 15.1. The Kier molecular flexibility index (Phi) is 5.94. The van der Waals surface area contributed by atoms with Crippen molar-refractivity contribution in [3.05, 3.63) is 0 Å². The van der Waals surface area contributed by atoms with Crippen molar-refractivity contribution in [2.75, 3.05) is 19.6 Å². The number of nitriles is 1. The Bertz CT molecular complexity index is 255. The summed E-state index contributed by atoms with van der Waals surface area (Å²) in [5, 5.41) is 8.90. The van der Waals surface area contributed by atoms with E-state index in [9.17, 15) is 0 Å². The molecule has 0 saturated carbocycles. The number of rotatable bonds is 5. The molecule has 0 aromatic heterocycles. The van der Waals surface area contributed by atoms with E-state index in [2.05, 4.69) is 17.9 Å². The van der Waals surface area contributed by atoms with Crippen LogP contribution < -0.4 is 5.73 Å². The van der Waals surface area contributed by atoms with Crippen LogP contribution in [0.15, 0.2) is 0 Å². The zero-order valence-corrected chi connectivity index (χ0v) is 11.4. The molecule has 2 unspecified atom stereocenters. The highest BCUT2D eigenvalue weighted by Crippen LogP contribution is 2.22. The maximum absolute atomic E-state index is 8.90. The van der Waals surface area contributed by atoms with Crippen LogP contribution in [0.5, 0.6) is 0 Å². The molecule has 0 radical (unpaired) electrons. The van der Waals surface area contributed by atoms with Crippen LogP contribution in [0.1, 0.15) is 52.4 Å². The molecule has 0 bridgehead atoms. The first kappa shape index (κ1) is 14.5. The summed E-state index contributed by atoms with van der Waals surface area (Å²) in [5.74, 6) is 0.922. The van der Waals surface area contributed by atoms with Crippen LogP contribution in [-0.2, 0) is 0 Å². The largest absolute Gasteiger partial charge is 0.314 e. The van der Waals surface area contributed by atoms with Gasteiger partial charge in [-0.15, -0.1) is 0 Å². The normalized spacial score (nSPS) is 25.9. The Balaban J connectivity index is 2.30. The highest BCUT2D eigenvalue weighted by Gasteiger charge is 2.21. The molecule has 1 heterocycles. The van der Waals surface area contributed by atoms with E-state index in [0.717, 1.165) is 18.9 Å². The summed E-state index contributed by atoms with van der Waals surface area (Å²) in [7, 11) is 0. The third-order valence-electron chi connectivity index (χ3n) is 3.84. The molecule has 3 heteroatoms. The molecule has 1 fully saturated rings. The average Bonchev–Trinajstić information content (AvgIpc) is 2.53. The number of hydrogen-bond donors (Lipinski definition) is 1. The van der Waals surface area contributed by atoms with Crippen LogP contribution in [0.4, 0.5) is 0 Å². The molecule has 0 aliphatic carbocycles. The maximum atomic E-state index is 8.90. The average molecular weight is 237 g/mol. The lowest BCUT2D eigenvalue weighted by Crippen LogP contribution is -2.39. The minimum absolute atomic E-state index is 0.658. The van der Waals surface area contributed by atoms with Gasteiger partial charge in [0.1, 0.15) is 5.54 Å². The first-order valence-electron chi connectivity index (χ1n) is 7.00. The van der Waals surface area contributed by atoms with Crippen molar-refractivity contribution >= 4 is 0 Å². The van der Waals surface area contributed by atoms with E-state index in [-0.39, 0.29) is 0 Å². The molecule has 0 aromatic carbocycles. The van der Waals surface area contributed by atoms with Crippen molar-refractivity contribution in [2.45, 2.75) is 57.9 Å². The van der Waals surface area contributed by atoms with E-state index in [0.29, 0.717) is 0 Å². The summed E-state index contributed by atoms with van der Waals surface area (Å²) >= 11 is 0. The van der Waals surface area contributed by atoms with Gasteiger partial charge in [0.05, 0.1) is 6.07 Å². The Labute approximate surface area is 106 Å². The molecule has 0 amide bonds. The summed E-state index contributed by atoms with van der Waals surface area (Å²) in [6.07, 6.45) is 7.46. The molecule has 0 aromatic rings. The number of likely N-dealkylation sites (tertiary alicyclic amines) is 1. The lowest BCUT2D eigenvalue weighted by atomic mass is 9.96. The van der Waals surface area contributed by atoms with Crippen LogP contribution in [0.25, 0.3) is 0 Å². The predicted molar refractivity (Wildman–Crippen MR) is 71.5 cm³/mol. The van der Waals surface area contributed by atoms with Gasteiger partial charge in [-0.25, -0.2) is 0 Å². The summed E-state index contributed by atoms with van der Waals surface area (Å²) in [6.45, 7) is 7.44. The smallest absolute Gasteiger partial charge is 0.102 e. The van der Waals surface area contributed by atoms with Crippen molar-refractivity contribution in [3.63, 3.8) is 0 Å². The summed E-state index contributed by atoms with van der Waals surface area (Å²) in [4.78, 5) is 2.48. The van der Waals surface area contributed by atoms with Crippen LogP contribution >= 0.6 is 0 Å². The third kappa shape index (κ3) is 5.52. The van der Waals surface area contributed by atoms with E-state index in [1.165, 1.54) is 45.2 Å². The monoisotopic (exact) mass is 237 g/mol. The number of nitrogens with two attached hydrogens (primary N) is 1. The summed E-state index contributed by atoms with van der Waals surface area (Å²) in [5.41, 5.74) is 5.20. The fraction of sp³-hybridized carbons (Fsp3) is 0.929. The molecule has 2 N–H and O–H groups in total. The second kappa shape index (κ2) is 6.98. The van der Waals surface area contributed by atoms with E-state index in [1.807, 2.05) is 6.92 Å². The fourth-order valence-corrected chi connectivity index (χ4v) is 2.59. The molecule has 0 spiro atoms. The van der Waals surface area contributed by atoms with Gasteiger partial charge < -0.3 is 10.6 Å². The topological polar surface area (TPSA) is 53.0 Å². The van der Waals surface area contributed by atoms with E-state index in [1.54, 1.807) is 0 Å². The first-order valence-corrected chi connectivity index (χ1v) is 7.00. The van der Waals surface area contributed by atoms with Crippen molar-refractivity contribution < 1.29 is 0 Å². The number of hydrogen-bond acceptors (Lipinski definition) is 3. The van der Waals surface area contributed by atoms with Gasteiger partial charge >= 0.3 is 0 Å². The highest BCUT2D eigenvalue weighted by molar-refractivity contribution is 5.01. The van der Waals surface area contributed by atoms with Gasteiger partial charge in [-0.1, -0.05) is 19.8 Å². The molecular formula is C14H27N3. The minimum atomic E-state index is -0.658. The molecule has 1 aliphatic rings. The predicted octanol–water partition coefficient (Wildman–Crippen LogP) is 2.52. The second-order valence-electron chi connectivity index (χ2n) is 5.71. The number of nitrogens with zero attached hydrogens (tertiary/aromatic N) is 2. The molecule has 17 heavy (non-hydrogen) atoms. The van der Waals surface area contributed by atoms with Gasteiger partial charge in [0, 0.05) is 6.54 Å². The lowest BCUT2D eigenvalue weighted by Gasteiger charge is -2.24. The molecule has 1 aliphatic heterocycles. The van der Waals surface area contributed by atoms with E-state index in [4.69, 9.17) is 11.0 Å². The second-order valence-corrected chi connectivity index (χ2v) is 5.71. The standard InChI is InChI=1S/C14H27N3/c1-3-5-13-6-4-9-17(10-7-13)11-8-14(2,16)12-15/h13H,3-11,16H2,1-2H3. The SMILES string of the molecule is CCCC1CCCN(CCC(C)(N)C#N)CC1. The summed E-state index contributed by atoms with van der Waals surface area (Å²) < 4.78 is 0. The molecule has 3 nitrogen and oxygen atoms in total. The van der Waals surface area contributed by atoms with Gasteiger partial charge in [0.25, 0.3) is 0 Å². The van der Waals surface area contributed by atoms with Gasteiger partial charge in [0.15, 0.2) is 0 Å². The lowest BCUT2D eigenvalue weighted by molar-refractivity contribution is 0.261. The fourth-order valence-electron chi connectivity index (χ4n) is 2.59. The Hall–Kier alpha value is -0.590. The molecule has 1 saturated heterocycles. The van der Waals surface area contributed by atoms with Crippen LogP contribution in [-0.4, -0.2) is 30.1 Å². The summed E-state index contributed by atoms with van der Waals surface area (Å²) in [6, 6.07) is 2.18. The molecular weight excluding hydrogens is 210 g/mol. The minimum Gasteiger partial charge on any atom is -0.314 e. The maximum Gasteiger partial charge on any atom is 0.102 e. The Morgan fingerprint density at radius 2 is 2.18 bits per heavy atom. The Morgan fingerprint density at radius 3 is 2.82 bits per heavy atom. The van der Waals surface area contributed by atoms with Crippen LogP contribution in [0.2, 0.25) is 0 Å². The molecule has 1 rings (SSSR count). The molecule has 98 valence electrons. The van der Waals surface area contributed by atoms with Crippen molar-refractivity contribution in [1.82, 2.24) is 4.90 Å². The first-order chi connectivity index (χ1) is 8.07. The van der Waals surface area contributed by atoms with E-state index < -0.39 is 5.54 Å². The quantitative estimate of drug-likeness (QED) is 0.799. The van der Waals surface area contributed by atoms with Gasteiger partial charge in [-0.2, -0.15) is 5.26 Å². The van der Waals surface area contributed by atoms with Gasteiger partial charge in [-0.05, 0) is 51.6 Å². The zero-order chi connectivity index (χ0) is 12.7.